The van der Waals surface area contributed by atoms with Crippen LogP contribution in [0.4, 0.5) is 0 Å². The Morgan fingerprint density at radius 3 is 2.05 bits per heavy atom. The SMILES string of the molecule is C=CCCCCCCCCC(C[C@@H](N)C(=O)O)C(=O)O. The van der Waals surface area contributed by atoms with Crippen LogP contribution in [0, 0.1) is 5.92 Å². The summed E-state index contributed by atoms with van der Waals surface area (Å²) in [4.78, 5) is 21.7. The van der Waals surface area contributed by atoms with Crippen molar-refractivity contribution >= 4 is 11.9 Å². The van der Waals surface area contributed by atoms with E-state index in [9.17, 15) is 9.59 Å². The Morgan fingerprint density at radius 1 is 1.00 bits per heavy atom. The van der Waals surface area contributed by atoms with Gasteiger partial charge in [-0.2, -0.15) is 0 Å². The van der Waals surface area contributed by atoms with Crippen LogP contribution in [-0.2, 0) is 9.59 Å². The monoisotopic (exact) mass is 285 g/mol. The van der Waals surface area contributed by atoms with Gasteiger partial charge in [0.2, 0.25) is 0 Å². The van der Waals surface area contributed by atoms with Gasteiger partial charge in [-0.05, 0) is 25.7 Å². The minimum Gasteiger partial charge on any atom is -0.481 e. The lowest BCUT2D eigenvalue weighted by Crippen LogP contribution is -2.34. The quantitative estimate of drug-likeness (QED) is 0.357. The molecule has 0 rings (SSSR count). The van der Waals surface area contributed by atoms with Crippen molar-refractivity contribution in [3.8, 4) is 0 Å². The van der Waals surface area contributed by atoms with E-state index in [0.717, 1.165) is 38.5 Å². The van der Waals surface area contributed by atoms with E-state index in [1.54, 1.807) is 0 Å². The zero-order chi connectivity index (χ0) is 15.4. The third kappa shape index (κ3) is 9.55. The molecule has 0 aromatic rings. The van der Waals surface area contributed by atoms with Crippen molar-refractivity contribution in [2.24, 2.45) is 11.7 Å². The topological polar surface area (TPSA) is 101 Å². The summed E-state index contributed by atoms with van der Waals surface area (Å²) in [6, 6.07) is -1.09. The van der Waals surface area contributed by atoms with E-state index < -0.39 is 23.9 Å². The average molecular weight is 285 g/mol. The van der Waals surface area contributed by atoms with Crippen molar-refractivity contribution in [1.82, 2.24) is 0 Å². The molecule has 0 spiro atoms. The van der Waals surface area contributed by atoms with Crippen LogP contribution in [0.15, 0.2) is 12.7 Å². The number of unbranched alkanes of at least 4 members (excludes halogenated alkanes) is 6. The van der Waals surface area contributed by atoms with Crippen molar-refractivity contribution in [2.45, 2.75) is 63.8 Å². The van der Waals surface area contributed by atoms with Crippen LogP contribution in [0.2, 0.25) is 0 Å². The maximum atomic E-state index is 11.0. The molecule has 0 heterocycles. The van der Waals surface area contributed by atoms with E-state index in [4.69, 9.17) is 15.9 Å². The Kier molecular flexibility index (Phi) is 10.7. The Balaban J connectivity index is 3.74. The highest BCUT2D eigenvalue weighted by Gasteiger charge is 2.23. The normalized spacial score (nSPS) is 13.7. The van der Waals surface area contributed by atoms with E-state index in [2.05, 4.69) is 6.58 Å². The first-order chi connectivity index (χ1) is 9.49. The van der Waals surface area contributed by atoms with Crippen molar-refractivity contribution in [3.05, 3.63) is 12.7 Å². The van der Waals surface area contributed by atoms with Crippen molar-refractivity contribution in [1.29, 1.82) is 0 Å². The summed E-state index contributed by atoms with van der Waals surface area (Å²) in [5.74, 6) is -2.74. The van der Waals surface area contributed by atoms with Gasteiger partial charge >= 0.3 is 11.9 Å². The fraction of sp³-hybridized carbons (Fsp3) is 0.733. The molecule has 0 radical (unpaired) electrons. The third-order valence-corrected chi connectivity index (χ3v) is 3.42. The highest BCUT2D eigenvalue weighted by Crippen LogP contribution is 2.17. The number of carboxylic acid groups (broad SMARTS) is 2. The second kappa shape index (κ2) is 11.5. The predicted molar refractivity (Wildman–Crippen MR) is 78.5 cm³/mol. The molecule has 0 amide bonds. The van der Waals surface area contributed by atoms with Gasteiger partial charge in [-0.25, -0.2) is 0 Å². The Bertz CT molecular complexity index is 304. The highest BCUT2D eigenvalue weighted by molar-refractivity contribution is 5.75. The Morgan fingerprint density at radius 2 is 1.55 bits per heavy atom. The highest BCUT2D eigenvalue weighted by atomic mass is 16.4. The van der Waals surface area contributed by atoms with E-state index in [0.29, 0.717) is 6.42 Å². The zero-order valence-corrected chi connectivity index (χ0v) is 12.1. The van der Waals surface area contributed by atoms with Crippen molar-refractivity contribution < 1.29 is 19.8 Å². The van der Waals surface area contributed by atoms with Crippen molar-refractivity contribution in [3.63, 3.8) is 0 Å². The summed E-state index contributed by atoms with van der Waals surface area (Å²) in [7, 11) is 0. The summed E-state index contributed by atoms with van der Waals surface area (Å²) < 4.78 is 0. The Labute approximate surface area is 120 Å². The van der Waals surface area contributed by atoms with Gasteiger partial charge in [-0.15, -0.1) is 6.58 Å². The maximum Gasteiger partial charge on any atom is 0.320 e. The molecule has 0 bridgehead atoms. The molecular formula is C15H27NO4. The summed E-state index contributed by atoms with van der Waals surface area (Å²) >= 11 is 0. The number of carbonyl (C=O) groups is 2. The molecule has 5 nitrogen and oxygen atoms in total. The van der Waals surface area contributed by atoms with E-state index >= 15 is 0 Å². The van der Waals surface area contributed by atoms with Gasteiger partial charge in [-0.1, -0.05) is 38.2 Å². The van der Waals surface area contributed by atoms with Gasteiger partial charge in [0, 0.05) is 0 Å². The summed E-state index contributed by atoms with van der Waals surface area (Å²) in [5.41, 5.74) is 5.38. The summed E-state index contributed by atoms with van der Waals surface area (Å²) in [5, 5.41) is 17.7. The lowest BCUT2D eigenvalue weighted by molar-refractivity contribution is -0.143. The molecule has 0 aliphatic heterocycles. The summed E-state index contributed by atoms with van der Waals surface area (Å²) in [6.07, 6.45) is 9.86. The van der Waals surface area contributed by atoms with Crippen LogP contribution < -0.4 is 5.73 Å². The largest absolute Gasteiger partial charge is 0.481 e. The second-order valence-electron chi connectivity index (χ2n) is 5.20. The number of nitrogens with two attached hydrogens (primary N) is 1. The van der Waals surface area contributed by atoms with Crippen LogP contribution in [0.1, 0.15) is 57.8 Å². The van der Waals surface area contributed by atoms with Gasteiger partial charge in [0.05, 0.1) is 5.92 Å². The predicted octanol–water partition coefficient (Wildman–Crippen LogP) is 2.80. The lowest BCUT2D eigenvalue weighted by atomic mass is 9.94. The van der Waals surface area contributed by atoms with Gasteiger partial charge in [0.15, 0.2) is 0 Å². The molecule has 0 saturated heterocycles. The van der Waals surface area contributed by atoms with Crippen LogP contribution in [0.3, 0.4) is 0 Å². The van der Waals surface area contributed by atoms with Crippen LogP contribution in [0.25, 0.3) is 0 Å². The molecule has 5 heteroatoms. The number of allylic oxidation sites excluding steroid dienone is 1. The van der Waals surface area contributed by atoms with Crippen molar-refractivity contribution in [2.75, 3.05) is 0 Å². The fourth-order valence-corrected chi connectivity index (χ4v) is 2.14. The average Bonchev–Trinajstić information content (AvgIpc) is 2.39. The first-order valence-electron chi connectivity index (χ1n) is 7.31. The summed E-state index contributed by atoms with van der Waals surface area (Å²) in [6.45, 7) is 3.67. The molecular weight excluding hydrogens is 258 g/mol. The van der Waals surface area contributed by atoms with E-state index in [1.807, 2.05) is 6.08 Å². The molecule has 0 aromatic heterocycles. The van der Waals surface area contributed by atoms with Gasteiger partial charge in [0.1, 0.15) is 6.04 Å². The minimum absolute atomic E-state index is 0.00397. The molecule has 0 saturated carbocycles. The minimum atomic E-state index is -1.14. The second-order valence-corrected chi connectivity index (χ2v) is 5.20. The van der Waals surface area contributed by atoms with Gasteiger partial charge in [0.25, 0.3) is 0 Å². The van der Waals surface area contributed by atoms with Crippen LogP contribution in [-0.4, -0.2) is 28.2 Å². The number of aliphatic carboxylic acids is 2. The third-order valence-electron chi connectivity index (χ3n) is 3.42. The molecule has 0 fully saturated rings. The molecule has 4 N–H and O–H groups in total. The number of hydrogen-bond acceptors (Lipinski definition) is 3. The number of rotatable bonds is 13. The number of hydrogen-bond donors (Lipinski definition) is 3. The zero-order valence-electron chi connectivity index (χ0n) is 12.1. The molecule has 0 aliphatic rings. The molecule has 20 heavy (non-hydrogen) atoms. The molecule has 1 unspecified atom stereocenters. The van der Waals surface area contributed by atoms with E-state index in [-0.39, 0.29) is 6.42 Å². The first kappa shape index (κ1) is 18.6. The maximum absolute atomic E-state index is 11.0. The molecule has 116 valence electrons. The van der Waals surface area contributed by atoms with Gasteiger partial charge < -0.3 is 15.9 Å². The smallest absolute Gasteiger partial charge is 0.320 e. The van der Waals surface area contributed by atoms with Crippen LogP contribution in [0.5, 0.6) is 0 Å². The lowest BCUT2D eigenvalue weighted by Gasteiger charge is -2.14. The van der Waals surface area contributed by atoms with Crippen LogP contribution >= 0.6 is 0 Å². The number of carboxylic acids is 2. The first-order valence-corrected chi connectivity index (χ1v) is 7.31. The standard InChI is InChI=1S/C15H27NO4/c1-2-3-4-5-6-7-8-9-10-12(14(17)18)11-13(16)15(19)20/h2,12-13H,1,3-11,16H2,(H,17,18)(H,19,20)/t12?,13-/m1/s1. The molecule has 2 atom stereocenters. The molecule has 0 aromatic carbocycles. The fourth-order valence-electron chi connectivity index (χ4n) is 2.14. The van der Waals surface area contributed by atoms with E-state index in [1.165, 1.54) is 6.42 Å². The Hall–Kier alpha value is -1.36. The molecule has 0 aliphatic carbocycles. The van der Waals surface area contributed by atoms with Gasteiger partial charge in [-0.3, -0.25) is 9.59 Å².